The van der Waals surface area contributed by atoms with Gasteiger partial charge in [0, 0.05) is 5.56 Å². The molecule has 8 heteroatoms. The van der Waals surface area contributed by atoms with Crippen molar-refractivity contribution in [3.8, 4) is 0 Å². The van der Waals surface area contributed by atoms with E-state index in [1.807, 2.05) is 24.3 Å². The maximum Gasteiger partial charge on any atom is 0.301 e. The summed E-state index contributed by atoms with van der Waals surface area (Å²) >= 11 is 1.18. The van der Waals surface area contributed by atoms with E-state index >= 15 is 0 Å². The van der Waals surface area contributed by atoms with Crippen molar-refractivity contribution in [2.75, 3.05) is 4.90 Å². The normalized spacial score (nSPS) is 18.4. The van der Waals surface area contributed by atoms with Crippen molar-refractivity contribution in [1.82, 2.24) is 10.2 Å². The second-order valence-electron chi connectivity index (χ2n) is 8.65. The zero-order valence-corrected chi connectivity index (χ0v) is 18.9. The van der Waals surface area contributed by atoms with Crippen molar-refractivity contribution in [2.45, 2.75) is 39.2 Å². The van der Waals surface area contributed by atoms with Gasteiger partial charge >= 0.3 is 5.91 Å². The summed E-state index contributed by atoms with van der Waals surface area (Å²) in [6.45, 7) is 8.02. The lowest BCUT2D eigenvalue weighted by Crippen LogP contribution is -2.29. The molecule has 3 aromatic rings. The Kier molecular flexibility index (Phi) is 5.42. The average Bonchev–Trinajstić information content (AvgIpc) is 3.28. The second-order valence-corrected chi connectivity index (χ2v) is 9.81. The third-order valence-electron chi connectivity index (χ3n) is 5.38. The molecule has 1 unspecified atom stereocenters. The number of aliphatic hydroxyl groups excluding tert-OH is 1. The SMILES string of the molecule is Cc1nnc(N2C(=O)C(=O)/C(=C(/O)c3ccc(F)cc3)C2c2ccc(C(C)(C)C)cc2)s1. The van der Waals surface area contributed by atoms with Gasteiger partial charge in [-0.1, -0.05) is 56.4 Å². The predicted molar refractivity (Wildman–Crippen MR) is 121 cm³/mol. The van der Waals surface area contributed by atoms with E-state index in [2.05, 4.69) is 31.0 Å². The molecular formula is C24H22FN3O3S. The minimum Gasteiger partial charge on any atom is -0.507 e. The van der Waals surface area contributed by atoms with Crippen LogP contribution in [0.25, 0.3) is 5.76 Å². The molecule has 1 N–H and O–H groups in total. The van der Waals surface area contributed by atoms with Crippen LogP contribution in [0.4, 0.5) is 9.52 Å². The Bertz CT molecular complexity index is 1220. The van der Waals surface area contributed by atoms with Crippen LogP contribution in [0.3, 0.4) is 0 Å². The third-order valence-corrected chi connectivity index (χ3v) is 6.21. The first-order valence-electron chi connectivity index (χ1n) is 10.1. The Morgan fingerprint density at radius 1 is 1.03 bits per heavy atom. The number of Topliss-reactive ketones (excluding diaryl/α,β-unsaturated/α-hetero) is 1. The number of aliphatic hydroxyl groups is 1. The molecule has 6 nitrogen and oxygen atoms in total. The molecule has 1 fully saturated rings. The molecule has 0 spiro atoms. The number of aromatic nitrogens is 2. The molecule has 4 rings (SSSR count). The molecule has 1 aliphatic rings. The summed E-state index contributed by atoms with van der Waals surface area (Å²) in [4.78, 5) is 27.4. The number of hydrogen-bond acceptors (Lipinski definition) is 6. The van der Waals surface area contributed by atoms with Crippen molar-refractivity contribution in [1.29, 1.82) is 0 Å². The number of nitrogens with zero attached hydrogens (tertiary/aromatic N) is 3. The molecule has 0 radical (unpaired) electrons. The lowest BCUT2D eigenvalue weighted by molar-refractivity contribution is -0.132. The van der Waals surface area contributed by atoms with Crippen LogP contribution in [-0.2, 0) is 15.0 Å². The number of ketones is 1. The molecule has 1 saturated heterocycles. The van der Waals surface area contributed by atoms with Crippen LogP contribution in [-0.4, -0.2) is 27.0 Å². The first-order valence-corrected chi connectivity index (χ1v) is 10.9. The molecule has 1 atom stereocenters. The Hall–Kier alpha value is -3.39. The van der Waals surface area contributed by atoms with Crippen LogP contribution < -0.4 is 4.90 Å². The minimum atomic E-state index is -0.888. The Balaban J connectivity index is 1.91. The number of hydrogen-bond donors (Lipinski definition) is 1. The highest BCUT2D eigenvalue weighted by atomic mass is 32.1. The van der Waals surface area contributed by atoms with Gasteiger partial charge in [0.15, 0.2) is 0 Å². The van der Waals surface area contributed by atoms with Gasteiger partial charge in [0.2, 0.25) is 5.13 Å². The first-order chi connectivity index (χ1) is 15.1. The zero-order chi connectivity index (χ0) is 23.2. The van der Waals surface area contributed by atoms with Gasteiger partial charge in [0.1, 0.15) is 16.6 Å². The lowest BCUT2D eigenvalue weighted by atomic mass is 9.85. The molecule has 1 aromatic heterocycles. The van der Waals surface area contributed by atoms with Crippen molar-refractivity contribution in [2.24, 2.45) is 0 Å². The highest BCUT2D eigenvalue weighted by Crippen LogP contribution is 2.43. The molecule has 32 heavy (non-hydrogen) atoms. The van der Waals surface area contributed by atoms with E-state index in [1.54, 1.807) is 6.92 Å². The number of halogens is 1. The van der Waals surface area contributed by atoms with Gasteiger partial charge in [-0.15, -0.1) is 10.2 Å². The summed E-state index contributed by atoms with van der Waals surface area (Å²) in [5, 5.41) is 20.0. The van der Waals surface area contributed by atoms with Crippen molar-refractivity contribution < 1.29 is 19.1 Å². The van der Waals surface area contributed by atoms with Crippen molar-refractivity contribution in [3.05, 3.63) is 81.6 Å². The van der Waals surface area contributed by atoms with Crippen LogP contribution in [0.2, 0.25) is 0 Å². The molecule has 2 heterocycles. The summed E-state index contributed by atoms with van der Waals surface area (Å²) in [7, 11) is 0. The van der Waals surface area contributed by atoms with Crippen LogP contribution in [0.1, 0.15) is 48.5 Å². The molecule has 2 aromatic carbocycles. The maximum absolute atomic E-state index is 13.4. The fourth-order valence-electron chi connectivity index (χ4n) is 3.66. The minimum absolute atomic E-state index is 0.0713. The zero-order valence-electron chi connectivity index (χ0n) is 18.1. The standard InChI is InChI=1S/C24H22FN3O3S/c1-13-26-27-23(32-13)28-19(14-5-9-16(10-6-14)24(2,3)4)18(21(30)22(28)31)20(29)15-7-11-17(25)12-8-15/h5-12,19,29H,1-4H3/b20-18+. The Morgan fingerprint density at radius 3 is 2.19 bits per heavy atom. The fraction of sp³-hybridized carbons (Fsp3) is 0.250. The van der Waals surface area contributed by atoms with E-state index in [1.165, 1.54) is 40.5 Å². The summed E-state index contributed by atoms with van der Waals surface area (Å²) in [6, 6.07) is 11.8. The van der Waals surface area contributed by atoms with Crippen LogP contribution in [0.15, 0.2) is 54.1 Å². The molecular weight excluding hydrogens is 429 g/mol. The topological polar surface area (TPSA) is 83.4 Å². The summed E-state index contributed by atoms with van der Waals surface area (Å²) in [6.07, 6.45) is 0. The Morgan fingerprint density at radius 2 is 1.66 bits per heavy atom. The van der Waals surface area contributed by atoms with Gasteiger partial charge in [0.05, 0.1) is 11.6 Å². The molecule has 0 saturated carbocycles. The van der Waals surface area contributed by atoms with Crippen molar-refractivity contribution in [3.63, 3.8) is 0 Å². The summed E-state index contributed by atoms with van der Waals surface area (Å²) in [5.41, 5.74) is 1.83. The van der Waals surface area contributed by atoms with Gasteiger partial charge in [0.25, 0.3) is 5.78 Å². The average molecular weight is 452 g/mol. The van der Waals surface area contributed by atoms with Gasteiger partial charge in [-0.05, 0) is 47.7 Å². The second kappa shape index (κ2) is 7.94. The molecule has 0 bridgehead atoms. The van der Waals surface area contributed by atoms with E-state index in [0.717, 1.165) is 5.56 Å². The van der Waals surface area contributed by atoms with Crippen LogP contribution in [0, 0.1) is 12.7 Å². The van der Waals surface area contributed by atoms with E-state index < -0.39 is 23.5 Å². The number of anilines is 1. The van der Waals surface area contributed by atoms with Gasteiger partial charge in [-0.25, -0.2) is 4.39 Å². The number of rotatable bonds is 3. The molecule has 1 amide bonds. The first kappa shape index (κ1) is 21.8. The highest BCUT2D eigenvalue weighted by molar-refractivity contribution is 7.15. The molecule has 1 aliphatic heterocycles. The van der Waals surface area contributed by atoms with E-state index in [4.69, 9.17) is 0 Å². The van der Waals surface area contributed by atoms with Crippen LogP contribution in [0.5, 0.6) is 0 Å². The van der Waals surface area contributed by atoms with E-state index in [0.29, 0.717) is 10.6 Å². The van der Waals surface area contributed by atoms with Crippen molar-refractivity contribution >= 4 is 33.9 Å². The van der Waals surface area contributed by atoms with E-state index in [9.17, 15) is 19.1 Å². The lowest BCUT2D eigenvalue weighted by Gasteiger charge is -2.24. The van der Waals surface area contributed by atoms with E-state index in [-0.39, 0.29) is 27.4 Å². The number of carbonyl (C=O) groups excluding carboxylic acids is 2. The summed E-state index contributed by atoms with van der Waals surface area (Å²) < 4.78 is 13.4. The predicted octanol–water partition coefficient (Wildman–Crippen LogP) is 4.91. The van der Waals surface area contributed by atoms with Gasteiger partial charge in [-0.3, -0.25) is 14.5 Å². The number of aryl methyl sites for hydroxylation is 1. The maximum atomic E-state index is 13.4. The third kappa shape index (κ3) is 3.82. The largest absolute Gasteiger partial charge is 0.507 e. The highest BCUT2D eigenvalue weighted by Gasteiger charge is 2.48. The molecule has 0 aliphatic carbocycles. The van der Waals surface area contributed by atoms with Crippen LogP contribution >= 0.6 is 11.3 Å². The number of carbonyl (C=O) groups is 2. The Labute approximate surface area is 189 Å². The molecule has 164 valence electrons. The smallest absolute Gasteiger partial charge is 0.301 e. The fourth-order valence-corrected chi connectivity index (χ4v) is 4.37. The number of benzene rings is 2. The monoisotopic (exact) mass is 451 g/mol. The number of amides is 1. The quantitative estimate of drug-likeness (QED) is 0.348. The van der Waals surface area contributed by atoms with Gasteiger partial charge in [-0.2, -0.15) is 0 Å². The van der Waals surface area contributed by atoms with Gasteiger partial charge < -0.3 is 5.11 Å². The summed E-state index contributed by atoms with van der Waals surface area (Å²) in [5.74, 6) is -2.46.